The summed E-state index contributed by atoms with van der Waals surface area (Å²) in [6.45, 7) is 4.63. The summed E-state index contributed by atoms with van der Waals surface area (Å²) in [7, 11) is -1.34. The number of hydrogen-bond donors (Lipinski definition) is 4. The highest BCUT2D eigenvalue weighted by molar-refractivity contribution is 6.40. The number of carboxylic acid groups (broad SMARTS) is 1. The molecule has 0 saturated carbocycles. The van der Waals surface area contributed by atoms with E-state index < -0.39 is 18.6 Å². The first-order chi connectivity index (χ1) is 11.9. The van der Waals surface area contributed by atoms with Gasteiger partial charge in [-0.05, 0) is 44.2 Å². The van der Waals surface area contributed by atoms with Gasteiger partial charge in [0.2, 0.25) is 0 Å². The molecule has 0 heterocycles. The van der Waals surface area contributed by atoms with Crippen LogP contribution in [0.15, 0.2) is 30.3 Å². The summed E-state index contributed by atoms with van der Waals surface area (Å²) < 4.78 is 0. The molecular weight excluding hydrogens is 319 g/mol. The second kappa shape index (κ2) is 11.3. The molecule has 7 heteroatoms. The predicted molar refractivity (Wildman–Crippen MR) is 100 cm³/mol. The van der Waals surface area contributed by atoms with Crippen molar-refractivity contribution < 1.29 is 19.9 Å². The molecular formula is C18H31BN2O4. The monoisotopic (exact) mass is 350 g/mol. The maximum Gasteiger partial charge on any atom is 0.451 e. The van der Waals surface area contributed by atoms with E-state index in [2.05, 4.69) is 24.0 Å². The van der Waals surface area contributed by atoms with Crippen LogP contribution in [0.2, 0.25) is 6.32 Å². The molecule has 5 N–H and O–H groups in total. The molecule has 25 heavy (non-hydrogen) atoms. The van der Waals surface area contributed by atoms with Crippen molar-refractivity contribution in [3.63, 3.8) is 0 Å². The maximum absolute atomic E-state index is 11.5. The average molecular weight is 350 g/mol. The zero-order valence-electron chi connectivity index (χ0n) is 15.1. The Morgan fingerprint density at radius 3 is 2.36 bits per heavy atom. The van der Waals surface area contributed by atoms with Gasteiger partial charge in [-0.25, -0.2) is 0 Å². The van der Waals surface area contributed by atoms with Gasteiger partial charge in [0, 0.05) is 6.54 Å². The molecule has 1 aromatic rings. The van der Waals surface area contributed by atoms with Gasteiger partial charge in [0.25, 0.3) is 0 Å². The van der Waals surface area contributed by atoms with Crippen LogP contribution in [-0.2, 0) is 11.3 Å². The Morgan fingerprint density at radius 2 is 1.80 bits per heavy atom. The number of carboxylic acids is 1. The first kappa shape index (κ1) is 21.6. The number of carbonyl (C=O) groups is 1. The van der Waals surface area contributed by atoms with Crippen LogP contribution in [0.4, 0.5) is 0 Å². The summed E-state index contributed by atoms with van der Waals surface area (Å²) in [5.41, 5.74) is 6.09. The van der Waals surface area contributed by atoms with E-state index in [1.54, 1.807) is 0 Å². The average Bonchev–Trinajstić information content (AvgIpc) is 2.58. The third-order valence-electron chi connectivity index (χ3n) is 4.55. The topological polar surface area (TPSA) is 107 Å². The molecule has 0 bridgehead atoms. The number of benzene rings is 1. The van der Waals surface area contributed by atoms with E-state index in [0.29, 0.717) is 32.1 Å². The van der Waals surface area contributed by atoms with Gasteiger partial charge in [-0.1, -0.05) is 50.1 Å². The molecule has 0 fully saturated rings. The van der Waals surface area contributed by atoms with E-state index >= 15 is 0 Å². The first-order valence-corrected chi connectivity index (χ1v) is 9.02. The first-order valence-electron chi connectivity index (χ1n) is 9.02. The molecule has 0 spiro atoms. The maximum atomic E-state index is 11.5. The molecule has 0 aliphatic rings. The minimum absolute atomic E-state index is 0.246. The van der Waals surface area contributed by atoms with Crippen molar-refractivity contribution >= 4 is 13.1 Å². The Bertz CT molecular complexity index is 501. The molecule has 140 valence electrons. The second-order valence-corrected chi connectivity index (χ2v) is 6.65. The van der Waals surface area contributed by atoms with E-state index in [9.17, 15) is 9.90 Å². The molecule has 0 amide bonds. The van der Waals surface area contributed by atoms with Crippen LogP contribution < -0.4 is 5.73 Å². The molecule has 0 aliphatic heterocycles. The fourth-order valence-electron chi connectivity index (χ4n) is 2.91. The summed E-state index contributed by atoms with van der Waals surface area (Å²) >= 11 is 0. The third-order valence-corrected chi connectivity index (χ3v) is 4.55. The Morgan fingerprint density at radius 1 is 1.16 bits per heavy atom. The Kier molecular flexibility index (Phi) is 9.74. The Hall–Kier alpha value is -1.41. The van der Waals surface area contributed by atoms with Gasteiger partial charge in [-0.2, -0.15) is 0 Å². The highest BCUT2D eigenvalue weighted by Crippen LogP contribution is 2.20. The van der Waals surface area contributed by atoms with Gasteiger partial charge in [-0.15, -0.1) is 0 Å². The molecule has 1 aromatic carbocycles. The minimum atomic E-state index is -1.34. The molecule has 0 radical (unpaired) electrons. The zero-order valence-corrected chi connectivity index (χ0v) is 15.1. The van der Waals surface area contributed by atoms with Crippen molar-refractivity contribution in [2.45, 2.75) is 57.4 Å². The van der Waals surface area contributed by atoms with E-state index in [4.69, 9.17) is 15.8 Å². The third kappa shape index (κ3) is 8.49. The quantitative estimate of drug-likeness (QED) is 0.319. The highest BCUT2D eigenvalue weighted by atomic mass is 16.4. The van der Waals surface area contributed by atoms with Gasteiger partial charge in [0.15, 0.2) is 0 Å². The molecule has 1 unspecified atom stereocenters. The molecule has 0 aliphatic carbocycles. The molecule has 1 rings (SSSR count). The molecule has 1 atom stereocenters. The van der Waals surface area contributed by atoms with Crippen LogP contribution in [0.1, 0.15) is 44.6 Å². The van der Waals surface area contributed by atoms with Crippen LogP contribution in [0.25, 0.3) is 0 Å². The number of hydrogen-bond acceptors (Lipinski definition) is 5. The van der Waals surface area contributed by atoms with Gasteiger partial charge in [-0.3, -0.25) is 9.69 Å². The van der Waals surface area contributed by atoms with Crippen LogP contribution in [-0.4, -0.2) is 51.8 Å². The summed E-state index contributed by atoms with van der Waals surface area (Å²) in [6, 6.07) is 10.2. The largest absolute Gasteiger partial charge is 0.480 e. The molecule has 6 nitrogen and oxygen atoms in total. The van der Waals surface area contributed by atoms with E-state index in [1.807, 2.05) is 18.2 Å². The van der Waals surface area contributed by atoms with Crippen molar-refractivity contribution in [1.29, 1.82) is 0 Å². The van der Waals surface area contributed by atoms with Crippen molar-refractivity contribution in [1.82, 2.24) is 4.90 Å². The lowest BCUT2D eigenvalue weighted by atomic mass is 9.81. The summed E-state index contributed by atoms with van der Waals surface area (Å²) in [5.74, 6) is -0.983. The van der Waals surface area contributed by atoms with E-state index in [-0.39, 0.29) is 6.32 Å². The summed E-state index contributed by atoms with van der Waals surface area (Å²) in [6.07, 6.45) is 2.85. The summed E-state index contributed by atoms with van der Waals surface area (Å²) in [4.78, 5) is 13.8. The Balaban J connectivity index is 2.43. The van der Waals surface area contributed by atoms with Gasteiger partial charge in [0.1, 0.15) is 5.54 Å². The van der Waals surface area contributed by atoms with Crippen LogP contribution >= 0.6 is 0 Å². The SMILES string of the molecule is CCN(CCCC(N)(CCCCB(O)O)C(=O)O)Cc1ccccc1. The fraction of sp³-hybridized carbons (Fsp3) is 0.611. The zero-order chi connectivity index (χ0) is 18.7. The lowest BCUT2D eigenvalue weighted by Crippen LogP contribution is -2.48. The van der Waals surface area contributed by atoms with E-state index in [0.717, 1.165) is 19.6 Å². The van der Waals surface area contributed by atoms with Crippen molar-refractivity contribution in [3.05, 3.63) is 35.9 Å². The normalized spacial score (nSPS) is 13.6. The predicted octanol–water partition coefficient (Wildman–Crippen LogP) is 1.71. The summed E-state index contributed by atoms with van der Waals surface area (Å²) in [5, 5.41) is 27.1. The minimum Gasteiger partial charge on any atom is -0.480 e. The molecule has 0 saturated heterocycles. The number of aliphatic carboxylic acids is 1. The molecule has 0 aromatic heterocycles. The highest BCUT2D eigenvalue weighted by Gasteiger charge is 2.32. The Labute approximate surface area is 150 Å². The van der Waals surface area contributed by atoms with Gasteiger partial charge >= 0.3 is 13.1 Å². The number of nitrogens with two attached hydrogens (primary N) is 1. The van der Waals surface area contributed by atoms with Crippen LogP contribution in [0.5, 0.6) is 0 Å². The lowest BCUT2D eigenvalue weighted by Gasteiger charge is -2.27. The van der Waals surface area contributed by atoms with Gasteiger partial charge in [0.05, 0.1) is 0 Å². The van der Waals surface area contributed by atoms with Crippen molar-refractivity contribution in [2.75, 3.05) is 13.1 Å². The number of unbranched alkanes of at least 4 members (excludes halogenated alkanes) is 1. The lowest BCUT2D eigenvalue weighted by molar-refractivity contribution is -0.144. The number of nitrogens with zero attached hydrogens (tertiary/aromatic N) is 1. The number of rotatable bonds is 13. The van der Waals surface area contributed by atoms with Crippen LogP contribution in [0, 0.1) is 0 Å². The van der Waals surface area contributed by atoms with Crippen molar-refractivity contribution in [2.24, 2.45) is 5.73 Å². The fourth-order valence-corrected chi connectivity index (χ4v) is 2.91. The van der Waals surface area contributed by atoms with Crippen LogP contribution in [0.3, 0.4) is 0 Å². The van der Waals surface area contributed by atoms with Crippen molar-refractivity contribution in [3.8, 4) is 0 Å². The van der Waals surface area contributed by atoms with E-state index in [1.165, 1.54) is 5.56 Å². The standard InChI is InChI=1S/C18H31BN2O4/c1-2-21(15-16-9-4-3-5-10-16)14-8-12-18(20,17(22)23)11-6-7-13-19(24)25/h3-5,9-10,24-25H,2,6-8,11-15,20H2,1H3,(H,22,23). The van der Waals surface area contributed by atoms with Gasteiger partial charge < -0.3 is 20.9 Å². The smallest absolute Gasteiger partial charge is 0.451 e. The second-order valence-electron chi connectivity index (χ2n) is 6.65.